The van der Waals surface area contributed by atoms with Gasteiger partial charge in [-0.3, -0.25) is 28.8 Å². The van der Waals surface area contributed by atoms with E-state index in [1.165, 1.54) is 36.1 Å². The highest BCUT2D eigenvalue weighted by molar-refractivity contribution is 14.1. The van der Waals surface area contributed by atoms with Crippen LogP contribution in [0.25, 0.3) is 21.7 Å². The fraction of sp³-hybridized carbons (Fsp3) is 0.418. The number of nitrogens with zero attached hydrogens (tertiary/aromatic N) is 2. The normalized spacial score (nSPS) is 19.3. The molecule has 434 valence electrons. The molecular formula is C55H66ClIN10O14. The van der Waals surface area contributed by atoms with Gasteiger partial charge in [0.15, 0.2) is 6.10 Å². The van der Waals surface area contributed by atoms with Crippen molar-refractivity contribution in [3.8, 4) is 5.75 Å². The fourth-order valence-corrected chi connectivity index (χ4v) is 10.7. The van der Waals surface area contributed by atoms with Crippen LogP contribution in [-0.2, 0) is 28.7 Å². The number of aromatic nitrogens is 1. The number of halogens is 2. The van der Waals surface area contributed by atoms with E-state index >= 15 is 0 Å². The lowest BCUT2D eigenvalue weighted by Crippen LogP contribution is -2.61. The van der Waals surface area contributed by atoms with Crippen LogP contribution in [0.4, 0.5) is 21.9 Å². The maximum absolute atomic E-state index is 14.5. The van der Waals surface area contributed by atoms with Crippen LogP contribution in [0, 0.1) is 5.92 Å². The molecule has 5 aromatic rings. The Labute approximate surface area is 484 Å². The zero-order valence-corrected chi connectivity index (χ0v) is 47.5. The van der Waals surface area contributed by atoms with Crippen molar-refractivity contribution in [2.45, 2.75) is 95.2 Å². The number of aliphatic hydroxyl groups is 3. The van der Waals surface area contributed by atoms with E-state index in [9.17, 15) is 58.8 Å². The van der Waals surface area contributed by atoms with Gasteiger partial charge in [-0.2, -0.15) is 0 Å². The zero-order valence-electron chi connectivity index (χ0n) is 44.6. The van der Waals surface area contributed by atoms with Crippen molar-refractivity contribution in [3.05, 3.63) is 95.7 Å². The molecule has 1 fully saturated rings. The number of fused-ring (bicyclic) bond motifs is 4. The lowest BCUT2D eigenvalue weighted by atomic mass is 9.95. The largest absolute Gasteiger partial charge is 0.479 e. The highest BCUT2D eigenvalue weighted by atomic mass is 127. The number of rotatable bonds is 25. The summed E-state index contributed by atoms with van der Waals surface area (Å²) in [5.41, 5.74) is 8.18. The minimum atomic E-state index is -1.93. The molecule has 0 aliphatic carbocycles. The predicted molar refractivity (Wildman–Crippen MR) is 309 cm³/mol. The number of carboxylic acid groups (broad SMARTS) is 1. The number of primary amides is 1. The SMILES string of the molecule is CC(=O)N(CI)CCCC(=O)NCCN[C@H](C(=O)N[C@@H](CCCNC(N)=O)C(=O)Nc1ccc(C(=O)Nc2ccc3[nH]c(C(=O)N4C[C@@H](CCl)c5c4cc(O[C@H]4OC(C(=O)O)[C@@H](O)C(O)[C@H]4O)c4ccccc54)cc3c2)cc1)C(C)C. The van der Waals surface area contributed by atoms with Gasteiger partial charge in [-0.1, -0.05) is 60.7 Å². The second kappa shape index (κ2) is 28.0. The number of aliphatic hydroxyl groups excluding tert-OH is 3. The third-order valence-electron chi connectivity index (χ3n) is 13.9. The number of urea groups is 1. The summed E-state index contributed by atoms with van der Waals surface area (Å²) >= 11 is 8.61. The third kappa shape index (κ3) is 15.3. The average Bonchev–Trinajstić information content (AvgIpc) is 3.45. The van der Waals surface area contributed by atoms with Crippen molar-refractivity contribution >= 4 is 120 Å². The Kier molecular flexibility index (Phi) is 21.3. The van der Waals surface area contributed by atoms with Gasteiger partial charge in [0.2, 0.25) is 29.9 Å². The molecule has 24 nitrogen and oxygen atoms in total. The average molecular weight is 1250 g/mol. The molecule has 2 unspecified atom stereocenters. The van der Waals surface area contributed by atoms with E-state index in [4.69, 9.17) is 26.8 Å². The van der Waals surface area contributed by atoms with Gasteiger partial charge in [0, 0.05) is 97.2 Å². The molecule has 26 heteroatoms. The highest BCUT2D eigenvalue weighted by Gasteiger charge is 2.48. The van der Waals surface area contributed by atoms with Crippen LogP contribution in [0.2, 0.25) is 0 Å². The second-order valence-corrected chi connectivity index (χ2v) is 21.0. The predicted octanol–water partition coefficient (Wildman–Crippen LogP) is 3.45. The van der Waals surface area contributed by atoms with Crippen LogP contribution in [0.3, 0.4) is 0 Å². The molecule has 0 saturated carbocycles. The van der Waals surface area contributed by atoms with Crippen LogP contribution >= 0.6 is 34.2 Å². The van der Waals surface area contributed by atoms with Gasteiger partial charge < -0.3 is 82.3 Å². The number of aromatic amines is 1. The summed E-state index contributed by atoms with van der Waals surface area (Å²) in [6, 6.07) is 18.9. The van der Waals surface area contributed by atoms with Gasteiger partial charge in [-0.25, -0.2) is 9.59 Å². The standard InChI is InChI=1S/C55H66ClIN10O14/c1-28(2)44(60-20-19-59-42(69)11-7-21-66(27-57)29(3)68)51(75)65-38(10-6-18-61-55(58)79)50(74)62-33-14-12-30(13-15-33)49(73)63-34-16-17-37-31(22-34)23-39(64-37)52(76)67-26-32(25-56)43-36-9-5-4-8-35(36)41(24-40(43)67)80-54-47(72)45(70)46(71)48(81-54)53(77)78/h4-5,8-9,12-17,22-24,28,32,38,44-48,54,60,64,70-72H,6-7,10-11,18-21,25-27H2,1-3H3,(H,59,69)(H,62,74)(H,63,73)(H,65,75)(H,77,78)(H3,58,61,79)/t32-,38+,44+,45?,46+,47-,48?,54+/m1/s1. The number of H-pyrrole nitrogens is 1. The van der Waals surface area contributed by atoms with Crippen LogP contribution < -0.4 is 47.3 Å². The summed E-state index contributed by atoms with van der Waals surface area (Å²) in [5.74, 6) is -4.02. The zero-order chi connectivity index (χ0) is 58.7. The number of nitrogens with two attached hydrogens (primary N) is 1. The number of aliphatic carboxylic acids is 1. The van der Waals surface area contributed by atoms with Crippen molar-refractivity contribution in [2.24, 2.45) is 11.7 Å². The first kappa shape index (κ1) is 61.5. The van der Waals surface area contributed by atoms with E-state index in [2.05, 4.69) is 59.5 Å². The molecule has 0 radical (unpaired) electrons. The molecule has 0 spiro atoms. The number of benzene rings is 4. The smallest absolute Gasteiger partial charge is 0.335 e. The summed E-state index contributed by atoms with van der Waals surface area (Å²) in [5, 5.41) is 59.9. The first-order valence-corrected chi connectivity index (χ1v) is 28.3. The van der Waals surface area contributed by atoms with Crippen LogP contribution in [0.5, 0.6) is 5.75 Å². The second-order valence-electron chi connectivity index (χ2n) is 20.0. The first-order valence-electron chi connectivity index (χ1n) is 26.2. The Morgan fingerprint density at radius 3 is 2.25 bits per heavy atom. The maximum atomic E-state index is 14.5. The molecule has 8 atom stereocenters. The topological polar surface area (TPSA) is 356 Å². The van der Waals surface area contributed by atoms with Gasteiger partial charge in [0.25, 0.3) is 11.8 Å². The minimum absolute atomic E-state index is 0.0624. The Morgan fingerprint density at radius 2 is 1.58 bits per heavy atom. The summed E-state index contributed by atoms with van der Waals surface area (Å²) in [6.45, 7) is 6.45. The van der Waals surface area contributed by atoms with E-state index in [0.29, 0.717) is 62.7 Å². The Balaban J connectivity index is 0.982. The van der Waals surface area contributed by atoms with Gasteiger partial charge >= 0.3 is 12.0 Å². The van der Waals surface area contributed by atoms with Crippen LogP contribution in [0.15, 0.2) is 78.9 Å². The number of carbonyl (C=O) groups excluding carboxylic acids is 7. The Hall–Kier alpha value is -7.14. The van der Waals surface area contributed by atoms with Gasteiger partial charge in [-0.15, -0.1) is 11.6 Å². The summed E-state index contributed by atoms with van der Waals surface area (Å²) in [7, 11) is 0. The number of nitrogens with one attached hydrogen (secondary N) is 7. The molecule has 4 aromatic carbocycles. The monoisotopic (exact) mass is 1250 g/mol. The maximum Gasteiger partial charge on any atom is 0.335 e. The van der Waals surface area contributed by atoms with Gasteiger partial charge in [-0.05, 0) is 84.7 Å². The number of hydrogen-bond acceptors (Lipinski definition) is 14. The molecule has 2 aliphatic rings. The number of anilines is 3. The molecule has 1 aromatic heterocycles. The molecular weight excluding hydrogens is 1190 g/mol. The van der Waals surface area contributed by atoms with E-state index < -0.39 is 78.4 Å². The van der Waals surface area contributed by atoms with Gasteiger partial charge in [0.1, 0.15) is 35.8 Å². The quantitative estimate of drug-likeness (QED) is 0.0172. The first-order chi connectivity index (χ1) is 38.7. The highest BCUT2D eigenvalue weighted by Crippen LogP contribution is 2.47. The molecule has 7 rings (SSSR count). The van der Waals surface area contributed by atoms with Gasteiger partial charge in [0.05, 0.1) is 16.3 Å². The molecule has 2 aliphatic heterocycles. The van der Waals surface area contributed by atoms with Crippen LogP contribution in [0.1, 0.15) is 78.8 Å². The number of alkyl halides is 2. The summed E-state index contributed by atoms with van der Waals surface area (Å²) in [6.07, 6.45) is -8.10. The lowest BCUT2D eigenvalue weighted by molar-refractivity contribution is -0.270. The molecule has 3 heterocycles. The molecule has 1 saturated heterocycles. The van der Waals surface area contributed by atoms with Crippen LogP contribution in [-0.4, -0.2) is 164 Å². The van der Waals surface area contributed by atoms with E-state index in [-0.39, 0.29) is 85.6 Å². The van der Waals surface area contributed by atoms with Crippen molar-refractivity contribution in [1.29, 1.82) is 0 Å². The summed E-state index contributed by atoms with van der Waals surface area (Å²) < 4.78 is 12.0. The van der Waals surface area contributed by atoms with Crippen molar-refractivity contribution < 1.29 is 68.3 Å². The summed E-state index contributed by atoms with van der Waals surface area (Å²) in [4.78, 5) is 109. The minimum Gasteiger partial charge on any atom is -0.479 e. The number of carbonyl (C=O) groups is 8. The number of ether oxygens (including phenoxy) is 2. The van der Waals surface area contributed by atoms with Crippen molar-refractivity contribution in [3.63, 3.8) is 0 Å². The molecule has 13 N–H and O–H groups in total. The van der Waals surface area contributed by atoms with E-state index in [1.54, 1.807) is 53.4 Å². The third-order valence-corrected chi connectivity index (χ3v) is 15.1. The Bertz CT molecular complexity index is 3130. The molecule has 0 bridgehead atoms. The number of carboxylic acids is 1. The Morgan fingerprint density at radius 1 is 0.864 bits per heavy atom. The number of hydrogen-bond donors (Lipinski definition) is 12. The van der Waals surface area contributed by atoms with Crippen molar-refractivity contribution in [1.82, 2.24) is 31.2 Å². The fourth-order valence-electron chi connectivity index (χ4n) is 9.64. The molecule has 81 heavy (non-hydrogen) atoms. The van der Waals surface area contributed by atoms with Crippen molar-refractivity contribution in [2.75, 3.05) is 58.7 Å². The lowest BCUT2D eigenvalue weighted by Gasteiger charge is -2.38. The van der Waals surface area contributed by atoms with E-state index in [1.807, 2.05) is 19.9 Å². The van der Waals surface area contributed by atoms with E-state index in [0.717, 1.165) is 5.56 Å². The number of amides is 8. The molecule has 8 amide bonds.